The summed E-state index contributed by atoms with van der Waals surface area (Å²) in [6, 6.07) is 0.405. The van der Waals surface area contributed by atoms with E-state index in [1.165, 1.54) is 6.42 Å². The second-order valence-corrected chi connectivity index (χ2v) is 6.17. The molecular formula is C15H26N2O4. The molecule has 1 aliphatic heterocycles. The van der Waals surface area contributed by atoms with Crippen LogP contribution in [0.2, 0.25) is 0 Å². The van der Waals surface area contributed by atoms with Crippen molar-refractivity contribution in [1.29, 1.82) is 0 Å². The number of carboxylic acid groups (broad SMARTS) is 1. The third kappa shape index (κ3) is 4.33. The summed E-state index contributed by atoms with van der Waals surface area (Å²) < 4.78 is 0. The number of amides is 2. The summed E-state index contributed by atoms with van der Waals surface area (Å²) >= 11 is 0. The number of likely N-dealkylation sites (tertiary alicyclic amines) is 1. The molecule has 0 aromatic heterocycles. The minimum Gasteiger partial charge on any atom is -0.481 e. The van der Waals surface area contributed by atoms with Gasteiger partial charge < -0.3 is 20.0 Å². The average Bonchev–Trinajstić information content (AvgIpc) is 2.40. The molecule has 0 radical (unpaired) electrons. The molecule has 2 N–H and O–H groups in total. The van der Waals surface area contributed by atoms with Crippen LogP contribution in [-0.4, -0.2) is 64.3 Å². The van der Waals surface area contributed by atoms with Gasteiger partial charge in [-0.3, -0.25) is 4.79 Å². The first-order valence-corrected chi connectivity index (χ1v) is 8.00. The monoisotopic (exact) mass is 298 g/mol. The van der Waals surface area contributed by atoms with Crippen LogP contribution in [0, 0.1) is 5.92 Å². The van der Waals surface area contributed by atoms with Crippen molar-refractivity contribution >= 4 is 12.0 Å². The topological polar surface area (TPSA) is 81.1 Å². The van der Waals surface area contributed by atoms with E-state index in [4.69, 9.17) is 10.2 Å². The van der Waals surface area contributed by atoms with E-state index in [1.54, 1.807) is 0 Å². The molecule has 0 bridgehead atoms. The van der Waals surface area contributed by atoms with Crippen molar-refractivity contribution < 1.29 is 19.8 Å². The van der Waals surface area contributed by atoms with E-state index >= 15 is 0 Å². The lowest BCUT2D eigenvalue weighted by molar-refractivity contribution is -0.138. The molecule has 0 aromatic rings. The summed E-state index contributed by atoms with van der Waals surface area (Å²) in [5.74, 6) is -0.556. The smallest absolute Gasteiger partial charge is 0.320 e. The summed E-state index contributed by atoms with van der Waals surface area (Å²) in [6.45, 7) is 2.03. The zero-order chi connectivity index (χ0) is 15.2. The van der Waals surface area contributed by atoms with Crippen LogP contribution in [-0.2, 0) is 4.79 Å². The summed E-state index contributed by atoms with van der Waals surface area (Å²) in [5.41, 5.74) is 0. The number of aliphatic hydroxyl groups excluding tert-OH is 1. The molecule has 2 rings (SSSR count). The fourth-order valence-corrected chi connectivity index (χ4v) is 3.13. The predicted octanol–water partition coefficient (Wildman–Crippen LogP) is 1.53. The fourth-order valence-electron chi connectivity index (χ4n) is 3.13. The highest BCUT2D eigenvalue weighted by molar-refractivity contribution is 5.75. The van der Waals surface area contributed by atoms with Crippen molar-refractivity contribution in [3.8, 4) is 0 Å². The number of carbonyl (C=O) groups is 2. The van der Waals surface area contributed by atoms with Gasteiger partial charge in [0, 0.05) is 38.7 Å². The molecule has 2 fully saturated rings. The zero-order valence-corrected chi connectivity index (χ0v) is 12.5. The highest BCUT2D eigenvalue weighted by atomic mass is 16.4. The molecular weight excluding hydrogens is 272 g/mol. The van der Waals surface area contributed by atoms with Crippen LogP contribution in [0.15, 0.2) is 0 Å². The number of hydrogen-bond donors (Lipinski definition) is 2. The number of piperidine rings is 1. The average molecular weight is 298 g/mol. The normalized spacial score (nSPS) is 20.1. The summed E-state index contributed by atoms with van der Waals surface area (Å²) in [5, 5.41) is 17.8. The van der Waals surface area contributed by atoms with Gasteiger partial charge in [0.05, 0.1) is 0 Å². The molecule has 1 saturated carbocycles. The molecule has 0 unspecified atom stereocenters. The van der Waals surface area contributed by atoms with Crippen molar-refractivity contribution in [1.82, 2.24) is 9.80 Å². The Labute approximate surface area is 125 Å². The number of carboxylic acids is 1. The first-order valence-electron chi connectivity index (χ1n) is 8.00. The molecule has 2 aliphatic rings. The molecule has 120 valence electrons. The summed E-state index contributed by atoms with van der Waals surface area (Å²) in [7, 11) is 0. The second-order valence-electron chi connectivity index (χ2n) is 6.17. The first kappa shape index (κ1) is 16.1. The maximum atomic E-state index is 12.6. The van der Waals surface area contributed by atoms with Gasteiger partial charge in [-0.1, -0.05) is 0 Å². The number of aliphatic hydroxyl groups is 1. The molecule has 6 nitrogen and oxygen atoms in total. The Kier molecular flexibility index (Phi) is 5.85. The van der Waals surface area contributed by atoms with E-state index in [1.807, 2.05) is 9.80 Å². The van der Waals surface area contributed by atoms with E-state index < -0.39 is 5.97 Å². The molecule has 1 aliphatic carbocycles. The van der Waals surface area contributed by atoms with Crippen molar-refractivity contribution in [3.05, 3.63) is 0 Å². The first-order chi connectivity index (χ1) is 10.1. The van der Waals surface area contributed by atoms with Gasteiger partial charge in [-0.05, 0) is 44.4 Å². The Morgan fingerprint density at radius 3 is 2.29 bits per heavy atom. The number of aliphatic carboxylic acids is 1. The van der Waals surface area contributed by atoms with Gasteiger partial charge in [-0.15, -0.1) is 0 Å². The van der Waals surface area contributed by atoms with Crippen LogP contribution in [0.4, 0.5) is 4.79 Å². The fraction of sp³-hybridized carbons (Fsp3) is 0.867. The van der Waals surface area contributed by atoms with E-state index in [2.05, 4.69) is 0 Å². The standard InChI is InChI=1S/C15H26N2O4/c18-10-2-7-17(13-3-1-4-13)15(21)16-8-5-12(6-9-16)11-14(19)20/h12-13,18H,1-11H2,(H,19,20). The number of hydrogen-bond acceptors (Lipinski definition) is 3. The molecule has 6 heteroatoms. The van der Waals surface area contributed by atoms with E-state index in [-0.39, 0.29) is 25.0 Å². The van der Waals surface area contributed by atoms with Crippen molar-refractivity contribution in [2.24, 2.45) is 5.92 Å². The lowest BCUT2D eigenvalue weighted by Gasteiger charge is -2.42. The molecule has 21 heavy (non-hydrogen) atoms. The van der Waals surface area contributed by atoms with Crippen LogP contribution < -0.4 is 0 Å². The van der Waals surface area contributed by atoms with Crippen LogP contribution in [0.3, 0.4) is 0 Å². The minimum absolute atomic E-state index is 0.0712. The third-order valence-electron chi connectivity index (χ3n) is 4.67. The quantitative estimate of drug-likeness (QED) is 0.779. The lowest BCUT2D eigenvalue weighted by atomic mass is 9.91. The lowest BCUT2D eigenvalue weighted by Crippen LogP contribution is -2.52. The van der Waals surface area contributed by atoms with E-state index in [9.17, 15) is 9.59 Å². The van der Waals surface area contributed by atoms with Crippen LogP contribution in [0.5, 0.6) is 0 Å². The Morgan fingerprint density at radius 2 is 1.81 bits per heavy atom. The van der Waals surface area contributed by atoms with Gasteiger partial charge in [-0.2, -0.15) is 0 Å². The largest absolute Gasteiger partial charge is 0.481 e. The summed E-state index contributed by atoms with van der Waals surface area (Å²) in [6.07, 6.45) is 5.68. The zero-order valence-electron chi connectivity index (χ0n) is 12.5. The minimum atomic E-state index is -0.751. The Bertz CT molecular complexity index is 363. The van der Waals surface area contributed by atoms with Gasteiger partial charge in [0.15, 0.2) is 0 Å². The molecule has 1 heterocycles. The van der Waals surface area contributed by atoms with Gasteiger partial charge >= 0.3 is 12.0 Å². The second kappa shape index (κ2) is 7.64. The van der Waals surface area contributed by atoms with Crippen LogP contribution >= 0.6 is 0 Å². The maximum Gasteiger partial charge on any atom is 0.320 e. The number of nitrogens with zero attached hydrogens (tertiary/aromatic N) is 2. The third-order valence-corrected chi connectivity index (χ3v) is 4.67. The van der Waals surface area contributed by atoms with Gasteiger partial charge in [0.2, 0.25) is 0 Å². The van der Waals surface area contributed by atoms with Gasteiger partial charge in [0.1, 0.15) is 0 Å². The Morgan fingerprint density at radius 1 is 1.14 bits per heavy atom. The number of carbonyl (C=O) groups excluding carboxylic acids is 1. The summed E-state index contributed by atoms with van der Waals surface area (Å²) in [4.78, 5) is 27.1. The maximum absolute atomic E-state index is 12.6. The van der Waals surface area contributed by atoms with Crippen molar-refractivity contribution in [2.75, 3.05) is 26.2 Å². The number of rotatable bonds is 6. The van der Waals surface area contributed by atoms with Crippen LogP contribution in [0.25, 0.3) is 0 Å². The highest BCUT2D eigenvalue weighted by Gasteiger charge is 2.33. The molecule has 1 saturated heterocycles. The highest BCUT2D eigenvalue weighted by Crippen LogP contribution is 2.27. The van der Waals surface area contributed by atoms with Crippen molar-refractivity contribution in [2.45, 2.75) is 51.0 Å². The molecule has 0 spiro atoms. The van der Waals surface area contributed by atoms with E-state index in [0.717, 1.165) is 25.7 Å². The SMILES string of the molecule is O=C(O)CC1CCN(C(=O)N(CCCO)C2CCC2)CC1. The predicted molar refractivity (Wildman–Crippen MR) is 78.0 cm³/mol. The van der Waals surface area contributed by atoms with E-state index in [0.29, 0.717) is 32.1 Å². The van der Waals surface area contributed by atoms with Crippen LogP contribution in [0.1, 0.15) is 44.9 Å². The number of urea groups is 1. The molecule has 2 amide bonds. The van der Waals surface area contributed by atoms with Crippen molar-refractivity contribution in [3.63, 3.8) is 0 Å². The Balaban J connectivity index is 1.84. The van der Waals surface area contributed by atoms with Gasteiger partial charge in [-0.25, -0.2) is 4.79 Å². The van der Waals surface area contributed by atoms with Gasteiger partial charge in [0.25, 0.3) is 0 Å². The molecule has 0 aromatic carbocycles. The molecule has 0 atom stereocenters. The Hall–Kier alpha value is -1.30.